The summed E-state index contributed by atoms with van der Waals surface area (Å²) >= 11 is 0. The molecular weight excluding hydrogens is 651 g/mol. The van der Waals surface area contributed by atoms with Gasteiger partial charge in [-0.25, -0.2) is 0 Å². The highest BCUT2D eigenvalue weighted by atomic mass is 15.0. The van der Waals surface area contributed by atoms with Crippen LogP contribution < -0.4 is 0 Å². The Morgan fingerprint density at radius 1 is 0.389 bits per heavy atom. The van der Waals surface area contributed by atoms with Crippen LogP contribution >= 0.6 is 0 Å². The minimum Gasteiger partial charge on any atom is -0.309 e. The normalized spacial score (nSPS) is 13.1. The SMILES string of the molecule is CC1(C)c2ccccc2C(=C(c2ccccc2)c2ccccc2)c2ccc(-n3c4ccc(-c5ccccc5)cc4c4cc(-c5ccccc5)ccc43)cc21. The lowest BCUT2D eigenvalue weighted by Crippen LogP contribution is -2.27. The molecule has 1 aliphatic rings. The second-order valence-electron chi connectivity index (χ2n) is 14.9. The molecule has 0 fully saturated rings. The van der Waals surface area contributed by atoms with E-state index >= 15 is 0 Å². The van der Waals surface area contributed by atoms with Gasteiger partial charge in [-0.05, 0) is 103 Å². The first-order chi connectivity index (χ1) is 26.6. The van der Waals surface area contributed by atoms with Crippen molar-refractivity contribution in [1.82, 2.24) is 4.57 Å². The largest absolute Gasteiger partial charge is 0.309 e. The van der Waals surface area contributed by atoms with Gasteiger partial charge in [0, 0.05) is 21.9 Å². The maximum absolute atomic E-state index is 2.48. The molecule has 1 aromatic heterocycles. The van der Waals surface area contributed by atoms with Gasteiger partial charge in [0.05, 0.1) is 11.0 Å². The number of rotatable bonds is 5. The van der Waals surface area contributed by atoms with Crippen molar-refractivity contribution >= 4 is 33.0 Å². The van der Waals surface area contributed by atoms with Crippen molar-refractivity contribution in [1.29, 1.82) is 0 Å². The fourth-order valence-electron chi connectivity index (χ4n) is 8.80. The third-order valence-corrected chi connectivity index (χ3v) is 11.4. The minimum absolute atomic E-state index is 0.232. The molecule has 0 spiro atoms. The number of nitrogens with zero attached hydrogens (tertiary/aromatic N) is 1. The molecule has 0 unspecified atom stereocenters. The fraction of sp³-hybridized carbons (Fsp3) is 0.0566. The lowest BCUT2D eigenvalue weighted by molar-refractivity contribution is 0.630. The molecular formula is C53H39N. The zero-order chi connectivity index (χ0) is 36.2. The third kappa shape index (κ3) is 5.16. The molecule has 0 bridgehead atoms. The fourth-order valence-corrected chi connectivity index (χ4v) is 8.80. The molecule has 0 atom stereocenters. The van der Waals surface area contributed by atoms with E-state index in [0.717, 1.165) is 0 Å². The van der Waals surface area contributed by atoms with Gasteiger partial charge in [0.15, 0.2) is 0 Å². The second-order valence-corrected chi connectivity index (χ2v) is 14.9. The van der Waals surface area contributed by atoms with Crippen LogP contribution in [-0.2, 0) is 5.41 Å². The van der Waals surface area contributed by atoms with E-state index in [0.29, 0.717) is 0 Å². The molecule has 1 nitrogen and oxygen atoms in total. The third-order valence-electron chi connectivity index (χ3n) is 11.4. The van der Waals surface area contributed by atoms with Crippen LogP contribution in [0.2, 0.25) is 0 Å². The van der Waals surface area contributed by atoms with Crippen LogP contribution in [0.5, 0.6) is 0 Å². The molecule has 256 valence electrons. The molecule has 0 aliphatic heterocycles. The smallest absolute Gasteiger partial charge is 0.0541 e. The van der Waals surface area contributed by atoms with Gasteiger partial charge in [-0.1, -0.05) is 178 Å². The van der Waals surface area contributed by atoms with E-state index in [9.17, 15) is 0 Å². The molecule has 1 aliphatic carbocycles. The number of benzene rings is 8. The summed E-state index contributed by atoms with van der Waals surface area (Å²) < 4.78 is 2.48. The van der Waals surface area contributed by atoms with Crippen molar-refractivity contribution in [3.8, 4) is 27.9 Å². The van der Waals surface area contributed by atoms with Crippen LogP contribution in [0.15, 0.2) is 200 Å². The van der Waals surface area contributed by atoms with Crippen molar-refractivity contribution in [2.75, 3.05) is 0 Å². The standard InChI is InChI=1S/C53H39N/c1-53(2)47-26-16-15-25-43(47)52(51(38-21-11-5-12-22-38)39-23-13-6-14-24-39)44-30-29-42(35-48(44)53)54-49-31-27-40(36-17-7-3-8-18-36)33-45(49)46-34-41(28-32-50(46)54)37-19-9-4-10-20-37/h3-35H,1-2H3. The van der Waals surface area contributed by atoms with Gasteiger partial charge in [-0.15, -0.1) is 0 Å². The van der Waals surface area contributed by atoms with Gasteiger partial charge in [0.2, 0.25) is 0 Å². The van der Waals surface area contributed by atoms with Crippen LogP contribution in [-0.4, -0.2) is 4.57 Å². The summed E-state index contributed by atoms with van der Waals surface area (Å²) in [5.41, 5.74) is 18.5. The number of aromatic nitrogens is 1. The van der Waals surface area contributed by atoms with Crippen LogP contribution in [0.1, 0.15) is 47.2 Å². The topological polar surface area (TPSA) is 4.93 Å². The van der Waals surface area contributed by atoms with Crippen molar-refractivity contribution in [2.24, 2.45) is 0 Å². The molecule has 1 heteroatoms. The average molecular weight is 690 g/mol. The van der Waals surface area contributed by atoms with E-state index in [1.54, 1.807) is 0 Å². The molecule has 0 N–H and O–H groups in total. The Labute approximate surface area is 317 Å². The first kappa shape index (κ1) is 32.0. The second kappa shape index (κ2) is 12.8. The Balaban J connectivity index is 1.25. The molecule has 1 heterocycles. The summed E-state index contributed by atoms with van der Waals surface area (Å²) in [7, 11) is 0. The van der Waals surface area contributed by atoms with Crippen molar-refractivity contribution in [2.45, 2.75) is 19.3 Å². The highest BCUT2D eigenvalue weighted by Crippen LogP contribution is 2.51. The first-order valence-electron chi connectivity index (χ1n) is 18.9. The Morgan fingerprint density at radius 2 is 0.852 bits per heavy atom. The minimum atomic E-state index is -0.232. The van der Waals surface area contributed by atoms with Gasteiger partial charge >= 0.3 is 0 Å². The molecule has 0 saturated carbocycles. The summed E-state index contributed by atoms with van der Waals surface area (Å²) in [4.78, 5) is 0. The molecule has 0 amide bonds. The Hall–Kier alpha value is -6.70. The maximum Gasteiger partial charge on any atom is 0.0541 e. The van der Waals surface area contributed by atoms with Gasteiger partial charge in [0.1, 0.15) is 0 Å². The monoisotopic (exact) mass is 689 g/mol. The predicted molar refractivity (Wildman–Crippen MR) is 228 cm³/mol. The summed E-state index contributed by atoms with van der Waals surface area (Å²) in [5.74, 6) is 0. The predicted octanol–water partition coefficient (Wildman–Crippen LogP) is 13.8. The van der Waals surface area contributed by atoms with E-state index in [1.807, 2.05) is 0 Å². The van der Waals surface area contributed by atoms with Gasteiger partial charge < -0.3 is 4.57 Å². The maximum atomic E-state index is 2.48. The highest BCUT2D eigenvalue weighted by molar-refractivity contribution is 6.12. The Morgan fingerprint density at radius 3 is 1.39 bits per heavy atom. The molecule has 9 aromatic rings. The van der Waals surface area contributed by atoms with Crippen LogP contribution in [0.4, 0.5) is 0 Å². The lowest BCUT2D eigenvalue weighted by Gasteiger charge is -2.38. The summed E-state index contributed by atoms with van der Waals surface area (Å²) in [6.45, 7) is 4.78. The summed E-state index contributed by atoms with van der Waals surface area (Å²) in [6, 6.07) is 73.4. The number of fused-ring (bicyclic) bond motifs is 5. The quantitative estimate of drug-likeness (QED) is 0.170. The Bertz CT molecular complexity index is 2720. The van der Waals surface area contributed by atoms with E-state index in [-0.39, 0.29) is 5.41 Å². The average Bonchev–Trinajstić information content (AvgIpc) is 3.56. The van der Waals surface area contributed by atoms with Crippen LogP contribution in [0, 0.1) is 0 Å². The van der Waals surface area contributed by atoms with Crippen molar-refractivity contribution in [3.63, 3.8) is 0 Å². The van der Waals surface area contributed by atoms with Crippen LogP contribution in [0.3, 0.4) is 0 Å². The van der Waals surface area contributed by atoms with Gasteiger partial charge in [-0.2, -0.15) is 0 Å². The molecule has 8 aromatic carbocycles. The molecule has 10 rings (SSSR count). The van der Waals surface area contributed by atoms with Crippen molar-refractivity contribution < 1.29 is 0 Å². The summed E-state index contributed by atoms with van der Waals surface area (Å²) in [5, 5.41) is 2.50. The molecule has 0 radical (unpaired) electrons. The molecule has 54 heavy (non-hydrogen) atoms. The van der Waals surface area contributed by atoms with E-state index in [1.165, 1.54) is 94.3 Å². The number of hydrogen-bond acceptors (Lipinski definition) is 0. The molecule has 0 saturated heterocycles. The van der Waals surface area contributed by atoms with E-state index in [2.05, 4.69) is 219 Å². The zero-order valence-electron chi connectivity index (χ0n) is 30.5. The zero-order valence-corrected chi connectivity index (χ0v) is 30.5. The van der Waals surface area contributed by atoms with Gasteiger partial charge in [0.25, 0.3) is 0 Å². The highest BCUT2D eigenvalue weighted by Gasteiger charge is 2.36. The van der Waals surface area contributed by atoms with E-state index < -0.39 is 0 Å². The van der Waals surface area contributed by atoms with Crippen LogP contribution in [0.25, 0.3) is 60.9 Å². The van der Waals surface area contributed by atoms with Crippen molar-refractivity contribution in [3.05, 3.63) is 234 Å². The first-order valence-corrected chi connectivity index (χ1v) is 18.9. The Kier molecular flexibility index (Phi) is 7.56. The number of hydrogen-bond donors (Lipinski definition) is 0. The van der Waals surface area contributed by atoms with Gasteiger partial charge in [-0.3, -0.25) is 0 Å². The lowest BCUT2D eigenvalue weighted by atomic mass is 9.65. The van der Waals surface area contributed by atoms with E-state index in [4.69, 9.17) is 0 Å². The summed E-state index contributed by atoms with van der Waals surface area (Å²) in [6.07, 6.45) is 0.